The van der Waals surface area contributed by atoms with E-state index in [9.17, 15) is 4.39 Å². The van der Waals surface area contributed by atoms with Crippen LogP contribution < -0.4 is 0 Å². The smallest absolute Gasteiger partial charge is 0.178 e. The van der Waals surface area contributed by atoms with Gasteiger partial charge in [-0.15, -0.1) is 0 Å². The van der Waals surface area contributed by atoms with Gasteiger partial charge in [-0.2, -0.15) is 0 Å². The number of hydrogen-bond donors (Lipinski definition) is 1. The maximum absolute atomic E-state index is 13.6. The Hall–Kier alpha value is -1.20. The third-order valence-electron chi connectivity index (χ3n) is 3.53. The van der Waals surface area contributed by atoms with E-state index in [1.807, 2.05) is 10.6 Å². The van der Waals surface area contributed by atoms with E-state index in [1.165, 1.54) is 6.07 Å². The van der Waals surface area contributed by atoms with Crippen molar-refractivity contribution >= 4 is 23.3 Å². The van der Waals surface area contributed by atoms with Crippen molar-refractivity contribution in [2.24, 2.45) is 0 Å². The maximum Gasteiger partial charge on any atom is 0.178 e. The standard InChI is InChI=1S/C14H20FN3S/c1-10(2)17(3)8-5-9-18-12-7-4-6-11(15)13(12)16-14(18)19/h4,6-7,10H,5,8-9H2,1-3H3,(H,16,19). The molecular weight excluding hydrogens is 261 g/mol. The molecule has 0 aliphatic carbocycles. The molecule has 0 bridgehead atoms. The van der Waals surface area contributed by atoms with Crippen molar-refractivity contribution in [3.05, 3.63) is 28.8 Å². The highest BCUT2D eigenvalue weighted by molar-refractivity contribution is 7.71. The average molecular weight is 281 g/mol. The van der Waals surface area contributed by atoms with Crippen LogP contribution in [0.1, 0.15) is 20.3 Å². The molecule has 0 unspecified atom stereocenters. The highest BCUT2D eigenvalue weighted by Gasteiger charge is 2.08. The number of aromatic amines is 1. The molecule has 1 aromatic carbocycles. The first-order valence-electron chi connectivity index (χ1n) is 6.58. The van der Waals surface area contributed by atoms with Gasteiger partial charge in [0.1, 0.15) is 11.3 Å². The van der Waals surface area contributed by atoms with Crippen LogP contribution in [0.15, 0.2) is 18.2 Å². The normalized spacial score (nSPS) is 11.9. The lowest BCUT2D eigenvalue weighted by Crippen LogP contribution is -2.27. The summed E-state index contributed by atoms with van der Waals surface area (Å²) in [5.74, 6) is -0.248. The van der Waals surface area contributed by atoms with Gasteiger partial charge in [0.25, 0.3) is 0 Å². The van der Waals surface area contributed by atoms with Crippen LogP contribution in [0, 0.1) is 10.6 Å². The van der Waals surface area contributed by atoms with E-state index in [-0.39, 0.29) is 5.82 Å². The summed E-state index contributed by atoms with van der Waals surface area (Å²) in [5, 5.41) is 0. The summed E-state index contributed by atoms with van der Waals surface area (Å²) < 4.78 is 16.2. The molecule has 0 saturated heterocycles. The van der Waals surface area contributed by atoms with Gasteiger partial charge in [-0.3, -0.25) is 0 Å². The predicted molar refractivity (Wildman–Crippen MR) is 79.5 cm³/mol. The highest BCUT2D eigenvalue weighted by Crippen LogP contribution is 2.17. The number of benzene rings is 1. The van der Waals surface area contributed by atoms with Crippen molar-refractivity contribution in [2.45, 2.75) is 32.9 Å². The van der Waals surface area contributed by atoms with Crippen LogP contribution in [-0.4, -0.2) is 34.1 Å². The van der Waals surface area contributed by atoms with Crippen molar-refractivity contribution in [2.75, 3.05) is 13.6 Å². The van der Waals surface area contributed by atoms with Crippen LogP contribution in [0.5, 0.6) is 0 Å². The Labute approximate surface area is 118 Å². The number of aromatic nitrogens is 2. The van der Waals surface area contributed by atoms with E-state index in [4.69, 9.17) is 12.2 Å². The van der Waals surface area contributed by atoms with Crippen molar-refractivity contribution in [1.29, 1.82) is 0 Å². The molecule has 3 nitrogen and oxygen atoms in total. The summed E-state index contributed by atoms with van der Waals surface area (Å²) in [6, 6.07) is 5.60. The second-order valence-corrected chi connectivity index (χ2v) is 5.53. The minimum absolute atomic E-state index is 0.248. The fourth-order valence-electron chi connectivity index (χ4n) is 2.10. The van der Waals surface area contributed by atoms with Gasteiger partial charge in [-0.05, 0) is 58.2 Å². The average Bonchev–Trinajstić information content (AvgIpc) is 2.68. The molecule has 0 spiro atoms. The molecule has 0 saturated carbocycles. The molecule has 1 N–H and O–H groups in total. The SMILES string of the molecule is CC(C)N(C)CCCn1c(=S)[nH]c2c(F)cccc21. The van der Waals surface area contributed by atoms with Crippen LogP contribution in [0.25, 0.3) is 11.0 Å². The quantitative estimate of drug-likeness (QED) is 0.847. The van der Waals surface area contributed by atoms with E-state index < -0.39 is 0 Å². The zero-order chi connectivity index (χ0) is 14.0. The lowest BCUT2D eigenvalue weighted by molar-refractivity contribution is 0.266. The minimum Gasteiger partial charge on any atom is -0.328 e. The van der Waals surface area contributed by atoms with Crippen LogP contribution in [0.2, 0.25) is 0 Å². The van der Waals surface area contributed by atoms with Gasteiger partial charge >= 0.3 is 0 Å². The van der Waals surface area contributed by atoms with Crippen LogP contribution >= 0.6 is 12.2 Å². The number of rotatable bonds is 5. The number of imidazole rings is 1. The lowest BCUT2D eigenvalue weighted by Gasteiger charge is -2.20. The number of para-hydroxylation sites is 1. The van der Waals surface area contributed by atoms with E-state index in [0.29, 0.717) is 16.3 Å². The lowest BCUT2D eigenvalue weighted by atomic mass is 10.3. The third-order valence-corrected chi connectivity index (χ3v) is 3.86. The van der Waals surface area contributed by atoms with E-state index in [0.717, 1.165) is 25.0 Å². The Morgan fingerprint density at radius 2 is 2.16 bits per heavy atom. The Morgan fingerprint density at radius 3 is 2.84 bits per heavy atom. The number of hydrogen-bond acceptors (Lipinski definition) is 2. The molecule has 0 aliphatic heterocycles. The van der Waals surface area contributed by atoms with E-state index >= 15 is 0 Å². The Bertz CT molecular complexity index is 615. The molecule has 0 amide bonds. The number of fused-ring (bicyclic) bond motifs is 1. The molecule has 5 heteroatoms. The summed E-state index contributed by atoms with van der Waals surface area (Å²) in [6.07, 6.45) is 0.993. The number of H-pyrrole nitrogens is 1. The molecule has 0 aliphatic rings. The number of aryl methyl sites for hydroxylation is 1. The first-order valence-corrected chi connectivity index (χ1v) is 6.99. The molecule has 1 heterocycles. The molecular formula is C14H20FN3S. The van der Waals surface area contributed by atoms with Crippen molar-refractivity contribution in [3.63, 3.8) is 0 Å². The summed E-state index contributed by atoms with van der Waals surface area (Å²) in [6.45, 7) is 6.15. The first-order chi connectivity index (χ1) is 9.00. The topological polar surface area (TPSA) is 24.0 Å². The van der Waals surface area contributed by atoms with Gasteiger partial charge in [0.15, 0.2) is 4.77 Å². The maximum atomic E-state index is 13.6. The monoisotopic (exact) mass is 281 g/mol. The summed E-state index contributed by atoms with van der Waals surface area (Å²) in [4.78, 5) is 5.24. The van der Waals surface area contributed by atoms with Gasteiger partial charge in [0, 0.05) is 12.6 Å². The molecule has 0 fully saturated rings. The number of halogens is 1. The highest BCUT2D eigenvalue weighted by atomic mass is 32.1. The van der Waals surface area contributed by atoms with Crippen LogP contribution in [0.3, 0.4) is 0 Å². The van der Waals surface area contributed by atoms with Crippen molar-refractivity contribution < 1.29 is 4.39 Å². The zero-order valence-corrected chi connectivity index (χ0v) is 12.4. The van der Waals surface area contributed by atoms with Crippen LogP contribution in [0.4, 0.5) is 4.39 Å². The largest absolute Gasteiger partial charge is 0.328 e. The van der Waals surface area contributed by atoms with E-state index in [2.05, 4.69) is 30.8 Å². The second kappa shape index (κ2) is 5.84. The molecule has 104 valence electrons. The van der Waals surface area contributed by atoms with Gasteiger partial charge < -0.3 is 14.5 Å². The predicted octanol–water partition coefficient (Wildman–Crippen LogP) is 3.57. The Kier molecular flexibility index (Phi) is 4.37. The molecule has 19 heavy (non-hydrogen) atoms. The van der Waals surface area contributed by atoms with Crippen molar-refractivity contribution in [3.8, 4) is 0 Å². The number of nitrogens with one attached hydrogen (secondary N) is 1. The second-order valence-electron chi connectivity index (χ2n) is 5.14. The zero-order valence-electron chi connectivity index (χ0n) is 11.6. The molecule has 0 atom stereocenters. The Morgan fingerprint density at radius 1 is 1.42 bits per heavy atom. The summed E-state index contributed by atoms with van der Waals surface area (Å²) in [5.41, 5.74) is 1.35. The Balaban J connectivity index is 2.15. The minimum atomic E-state index is -0.248. The summed E-state index contributed by atoms with van der Waals surface area (Å²) in [7, 11) is 2.11. The van der Waals surface area contributed by atoms with Gasteiger partial charge in [-0.25, -0.2) is 4.39 Å². The molecule has 0 radical (unpaired) electrons. The van der Waals surface area contributed by atoms with Crippen LogP contribution in [-0.2, 0) is 6.54 Å². The first kappa shape index (κ1) is 14.2. The van der Waals surface area contributed by atoms with Gasteiger partial charge in [0.2, 0.25) is 0 Å². The van der Waals surface area contributed by atoms with Crippen molar-refractivity contribution in [1.82, 2.24) is 14.5 Å². The number of nitrogens with zero attached hydrogens (tertiary/aromatic N) is 2. The molecule has 2 rings (SSSR count). The molecule has 1 aromatic heterocycles. The fraction of sp³-hybridized carbons (Fsp3) is 0.500. The van der Waals surface area contributed by atoms with Gasteiger partial charge in [-0.1, -0.05) is 6.07 Å². The molecule has 2 aromatic rings. The third kappa shape index (κ3) is 3.04. The van der Waals surface area contributed by atoms with Gasteiger partial charge in [0.05, 0.1) is 5.52 Å². The fourth-order valence-corrected chi connectivity index (χ4v) is 2.40. The van der Waals surface area contributed by atoms with E-state index in [1.54, 1.807) is 6.07 Å². The summed E-state index contributed by atoms with van der Waals surface area (Å²) >= 11 is 5.27.